The maximum Gasteiger partial charge on any atom is 0.413 e. The van der Waals surface area contributed by atoms with Gasteiger partial charge in [0.1, 0.15) is 36.4 Å². The molecule has 6 rings (SSSR count). The molecule has 3 aromatic carbocycles. The van der Waals surface area contributed by atoms with Crippen molar-refractivity contribution in [1.82, 2.24) is 14.9 Å². The van der Waals surface area contributed by atoms with Gasteiger partial charge in [-0.1, -0.05) is 36.4 Å². The van der Waals surface area contributed by atoms with Gasteiger partial charge in [-0.15, -0.1) is 11.3 Å². The van der Waals surface area contributed by atoms with Crippen molar-refractivity contribution >= 4 is 46.0 Å². The van der Waals surface area contributed by atoms with Crippen LogP contribution in [0.2, 0.25) is 0 Å². The number of halogens is 3. The van der Waals surface area contributed by atoms with Crippen LogP contribution in [-0.4, -0.2) is 63.8 Å². The molecule has 0 radical (unpaired) electrons. The van der Waals surface area contributed by atoms with E-state index in [0.29, 0.717) is 41.4 Å². The van der Waals surface area contributed by atoms with Gasteiger partial charge in [0.15, 0.2) is 16.8 Å². The molecule has 16 heteroatoms. The summed E-state index contributed by atoms with van der Waals surface area (Å²) in [5, 5.41) is 3.33. The Labute approximate surface area is 329 Å². The van der Waals surface area contributed by atoms with Crippen LogP contribution in [0.1, 0.15) is 50.1 Å². The van der Waals surface area contributed by atoms with Gasteiger partial charge in [0.05, 0.1) is 26.2 Å². The van der Waals surface area contributed by atoms with Crippen molar-refractivity contribution in [2.24, 2.45) is 0 Å². The van der Waals surface area contributed by atoms with Gasteiger partial charge < -0.3 is 19.1 Å². The van der Waals surface area contributed by atoms with Crippen molar-refractivity contribution < 1.29 is 41.2 Å². The van der Waals surface area contributed by atoms with Crippen LogP contribution < -0.4 is 9.62 Å². The minimum atomic E-state index is -2.41. The number of piperidine rings is 1. The lowest BCUT2D eigenvalue weighted by atomic mass is 9.97. The molecule has 3 heterocycles. The van der Waals surface area contributed by atoms with E-state index in [1.165, 1.54) is 36.8 Å². The lowest BCUT2D eigenvalue weighted by Gasteiger charge is -2.30. The van der Waals surface area contributed by atoms with Crippen LogP contribution in [0.3, 0.4) is 0 Å². The van der Waals surface area contributed by atoms with Crippen LogP contribution in [-0.2, 0) is 31.8 Å². The van der Waals surface area contributed by atoms with Crippen molar-refractivity contribution in [3.63, 3.8) is 0 Å². The third kappa shape index (κ3) is 9.72. The maximum absolute atomic E-state index is 16.9. The third-order valence-corrected chi connectivity index (χ3v) is 11.3. The average molecular weight is 808 g/mol. The first-order valence-corrected chi connectivity index (χ1v) is 19.6. The number of pyridine rings is 1. The zero-order valence-corrected chi connectivity index (χ0v) is 32.7. The quantitative estimate of drug-likeness (QED) is 0.131. The molecule has 1 N–H and O–H groups in total. The number of hydrogen-bond donors (Lipinski definition) is 1. The van der Waals surface area contributed by atoms with Crippen LogP contribution in [0.25, 0.3) is 21.7 Å². The van der Waals surface area contributed by atoms with E-state index >= 15 is 4.39 Å². The molecule has 294 valence electrons. The number of likely N-dealkylation sites (tertiary alicyclic amines) is 1. The number of ether oxygens (including phenoxy) is 3. The van der Waals surface area contributed by atoms with Crippen LogP contribution in [0.4, 0.5) is 34.3 Å². The van der Waals surface area contributed by atoms with E-state index in [1.54, 1.807) is 43.9 Å². The monoisotopic (exact) mass is 807 g/mol. The van der Waals surface area contributed by atoms with Crippen molar-refractivity contribution in [1.29, 1.82) is 0 Å². The lowest BCUT2D eigenvalue weighted by molar-refractivity contribution is 0.0635. The first-order chi connectivity index (χ1) is 26.8. The summed E-state index contributed by atoms with van der Waals surface area (Å²) in [6, 6.07) is 19.7. The zero-order valence-electron chi connectivity index (χ0n) is 31.1. The van der Waals surface area contributed by atoms with Crippen LogP contribution >= 0.6 is 11.3 Å². The highest BCUT2D eigenvalue weighted by molar-refractivity contribution is 7.86. The molecule has 11 nitrogen and oxygen atoms in total. The second-order valence-corrected chi connectivity index (χ2v) is 16.3. The minimum Gasteiger partial charge on any atom is -0.445 e. The summed E-state index contributed by atoms with van der Waals surface area (Å²) in [5.41, 5.74) is 0.792. The van der Waals surface area contributed by atoms with E-state index < -0.39 is 57.9 Å². The summed E-state index contributed by atoms with van der Waals surface area (Å²) in [4.78, 5) is 36.5. The lowest BCUT2D eigenvalue weighted by Crippen LogP contribution is -2.38. The van der Waals surface area contributed by atoms with Gasteiger partial charge in [0.25, 0.3) is 0 Å². The Kier molecular flexibility index (Phi) is 12.7. The van der Waals surface area contributed by atoms with Gasteiger partial charge in [0.2, 0.25) is 0 Å². The van der Waals surface area contributed by atoms with Gasteiger partial charge >= 0.3 is 12.2 Å². The standard InChI is InChI=1S/C40H40F3N5O6S2/c1-40(2,3)54-38(49)45-33-21-27(15-18-44-33)36-35(46-37(55-36)26-16-19-47(20-17-26)39(50)53-23-25-9-6-5-7-10-25)29-11-8-12-31(34(29)43)48(24-52-4)56(51)32-22-28(41)13-14-30(32)42/h5-15,18,21-22,26H,16-17,19-20,23-24H2,1-4H3,(H,44,45,49). The van der Waals surface area contributed by atoms with Gasteiger partial charge in [-0.3, -0.25) is 9.62 Å². The van der Waals surface area contributed by atoms with Gasteiger partial charge in [-0.05, 0) is 87.2 Å². The molecule has 2 amide bonds. The molecule has 1 saturated heterocycles. The number of rotatable bonds is 11. The number of benzene rings is 3. The van der Waals surface area contributed by atoms with Gasteiger partial charge in [-0.2, -0.15) is 0 Å². The molecule has 0 saturated carbocycles. The fraction of sp³-hybridized carbons (Fsp3) is 0.300. The van der Waals surface area contributed by atoms with Crippen LogP contribution in [0.15, 0.2) is 90.0 Å². The fourth-order valence-corrected chi connectivity index (χ4v) is 8.46. The van der Waals surface area contributed by atoms with Crippen molar-refractivity contribution in [3.05, 3.63) is 113 Å². The Morgan fingerprint density at radius 2 is 1.75 bits per heavy atom. The third-order valence-electron chi connectivity index (χ3n) is 8.63. The SMILES string of the molecule is COCN(c1cccc(-c2nc(C3CCN(C(=O)OCc4ccccc4)CC3)sc2-c2ccnc(NC(=O)OC(C)(C)C)c2)c1F)S(=O)c1cc(F)ccc1F. The number of thiazole rings is 1. The molecule has 1 fully saturated rings. The molecule has 56 heavy (non-hydrogen) atoms. The molecule has 1 aliphatic heterocycles. The number of carbonyl (C=O) groups is 2. The molecule has 1 atom stereocenters. The Morgan fingerprint density at radius 3 is 2.46 bits per heavy atom. The summed E-state index contributed by atoms with van der Waals surface area (Å²) in [5.74, 6) is -2.48. The number of aromatic nitrogens is 2. The average Bonchev–Trinajstić information content (AvgIpc) is 3.62. The minimum absolute atomic E-state index is 0.0400. The Bertz CT molecular complexity index is 2210. The van der Waals surface area contributed by atoms with Crippen molar-refractivity contribution in [2.75, 3.05) is 36.6 Å². The van der Waals surface area contributed by atoms with E-state index in [9.17, 15) is 22.6 Å². The molecule has 0 bridgehead atoms. The topological polar surface area (TPSA) is 123 Å². The van der Waals surface area contributed by atoms with E-state index in [0.717, 1.165) is 28.1 Å². The highest BCUT2D eigenvalue weighted by Gasteiger charge is 2.31. The maximum atomic E-state index is 16.9. The summed E-state index contributed by atoms with van der Waals surface area (Å²) in [7, 11) is -1.11. The van der Waals surface area contributed by atoms with E-state index in [2.05, 4.69) is 10.3 Å². The second kappa shape index (κ2) is 17.6. The smallest absolute Gasteiger partial charge is 0.413 e. The summed E-state index contributed by atoms with van der Waals surface area (Å²) < 4.78 is 76.7. The molecular formula is C40H40F3N5O6S2. The number of methoxy groups -OCH3 is 1. The largest absolute Gasteiger partial charge is 0.445 e. The van der Waals surface area contributed by atoms with E-state index in [4.69, 9.17) is 19.2 Å². The summed E-state index contributed by atoms with van der Waals surface area (Å²) in [6.07, 6.45) is 1.51. The molecule has 5 aromatic rings. The van der Waals surface area contributed by atoms with Crippen LogP contribution in [0, 0.1) is 17.5 Å². The zero-order chi connectivity index (χ0) is 40.0. The number of nitrogens with zero attached hydrogens (tertiary/aromatic N) is 4. The first-order valence-electron chi connectivity index (χ1n) is 17.7. The predicted octanol–water partition coefficient (Wildman–Crippen LogP) is 9.29. The molecule has 1 unspecified atom stereocenters. The second-order valence-electron chi connectivity index (χ2n) is 13.8. The number of nitrogens with one attached hydrogen (secondary N) is 1. The summed E-state index contributed by atoms with van der Waals surface area (Å²) >= 11 is 1.33. The first kappa shape index (κ1) is 40.3. The number of carbonyl (C=O) groups excluding carboxylic acids is 2. The molecule has 2 aromatic heterocycles. The number of amides is 2. The number of hydrogen-bond acceptors (Lipinski definition) is 9. The van der Waals surface area contributed by atoms with Crippen molar-refractivity contribution in [3.8, 4) is 21.7 Å². The number of anilines is 2. The Balaban J connectivity index is 1.34. The van der Waals surface area contributed by atoms with Crippen molar-refractivity contribution in [2.45, 2.75) is 56.6 Å². The normalized spacial score (nSPS) is 13.9. The molecule has 1 aliphatic rings. The Morgan fingerprint density at radius 1 is 1.00 bits per heavy atom. The Hall–Kier alpha value is -5.32. The highest BCUT2D eigenvalue weighted by Crippen LogP contribution is 2.44. The molecular weight excluding hydrogens is 768 g/mol. The van der Waals surface area contributed by atoms with E-state index in [1.807, 2.05) is 30.3 Å². The van der Waals surface area contributed by atoms with Gasteiger partial charge in [0, 0.05) is 37.9 Å². The van der Waals surface area contributed by atoms with Crippen LogP contribution in [0.5, 0.6) is 0 Å². The molecule has 0 spiro atoms. The molecule has 0 aliphatic carbocycles. The summed E-state index contributed by atoms with van der Waals surface area (Å²) in [6.45, 7) is 5.78. The van der Waals surface area contributed by atoms with Gasteiger partial charge in [-0.25, -0.2) is 36.9 Å². The highest BCUT2D eigenvalue weighted by atomic mass is 32.2. The van der Waals surface area contributed by atoms with E-state index in [-0.39, 0.29) is 35.3 Å². The predicted molar refractivity (Wildman–Crippen MR) is 208 cm³/mol. The fourth-order valence-electron chi connectivity index (χ4n) is 6.01.